The fraction of sp³-hybridized carbons (Fsp3) is 0.792. The summed E-state index contributed by atoms with van der Waals surface area (Å²) in [7, 11) is 0. The SMILES string of the molecule is CCCCCCCCCCCCCc1cc(=O)ncn1NC(=O)NCCCCCCO. The Morgan fingerprint density at radius 2 is 1.48 bits per heavy atom. The van der Waals surface area contributed by atoms with Gasteiger partial charge in [-0.1, -0.05) is 84.0 Å². The molecule has 1 rings (SSSR count). The molecule has 0 saturated heterocycles. The number of nitrogens with zero attached hydrogens (tertiary/aromatic N) is 2. The van der Waals surface area contributed by atoms with Crippen LogP contribution in [0.1, 0.15) is 109 Å². The Bertz CT molecular complexity index is 633. The van der Waals surface area contributed by atoms with Crippen molar-refractivity contribution >= 4 is 6.03 Å². The predicted octanol–water partition coefficient (Wildman–Crippen LogP) is 4.90. The number of nitrogens with one attached hydrogen (secondary N) is 2. The number of amides is 2. The summed E-state index contributed by atoms with van der Waals surface area (Å²) in [6, 6.07) is 1.21. The molecule has 0 bridgehead atoms. The molecule has 2 amide bonds. The zero-order chi connectivity index (χ0) is 22.6. The fourth-order valence-electron chi connectivity index (χ4n) is 3.64. The molecule has 1 heterocycles. The first-order valence-electron chi connectivity index (χ1n) is 12.4. The van der Waals surface area contributed by atoms with Crippen molar-refractivity contribution in [2.75, 3.05) is 18.6 Å². The molecule has 178 valence electrons. The van der Waals surface area contributed by atoms with Crippen LogP contribution in [0.5, 0.6) is 0 Å². The lowest BCUT2D eigenvalue weighted by Crippen LogP contribution is -2.36. The number of hydrogen-bond acceptors (Lipinski definition) is 4. The number of aliphatic hydroxyl groups is 1. The van der Waals surface area contributed by atoms with E-state index in [2.05, 4.69) is 22.7 Å². The highest BCUT2D eigenvalue weighted by molar-refractivity contribution is 5.81. The van der Waals surface area contributed by atoms with Crippen LogP contribution in [0.25, 0.3) is 0 Å². The van der Waals surface area contributed by atoms with E-state index in [4.69, 9.17) is 5.11 Å². The number of aryl methyl sites for hydroxylation is 1. The van der Waals surface area contributed by atoms with Crippen LogP contribution in [0.4, 0.5) is 4.79 Å². The van der Waals surface area contributed by atoms with Gasteiger partial charge in [-0.25, -0.2) is 14.9 Å². The number of carbonyl (C=O) groups is 1. The highest BCUT2D eigenvalue weighted by Gasteiger charge is 2.06. The third-order valence-corrected chi connectivity index (χ3v) is 5.53. The van der Waals surface area contributed by atoms with E-state index in [1.807, 2.05) is 0 Å². The topological polar surface area (TPSA) is 96.2 Å². The molecule has 0 spiro atoms. The van der Waals surface area contributed by atoms with Crippen LogP contribution in [0.15, 0.2) is 17.2 Å². The maximum absolute atomic E-state index is 12.1. The van der Waals surface area contributed by atoms with E-state index < -0.39 is 0 Å². The molecule has 7 heteroatoms. The maximum Gasteiger partial charge on any atom is 0.333 e. The summed E-state index contributed by atoms with van der Waals surface area (Å²) in [6.45, 7) is 3.05. The molecule has 7 nitrogen and oxygen atoms in total. The average Bonchev–Trinajstić information content (AvgIpc) is 2.76. The highest BCUT2D eigenvalue weighted by Crippen LogP contribution is 2.12. The van der Waals surface area contributed by atoms with Gasteiger partial charge in [-0.05, 0) is 25.7 Å². The van der Waals surface area contributed by atoms with Crippen molar-refractivity contribution in [2.24, 2.45) is 0 Å². The van der Waals surface area contributed by atoms with Crippen LogP contribution in [-0.4, -0.2) is 33.9 Å². The van der Waals surface area contributed by atoms with Gasteiger partial charge < -0.3 is 10.4 Å². The minimum atomic E-state index is -0.298. The number of aromatic nitrogens is 2. The van der Waals surface area contributed by atoms with E-state index >= 15 is 0 Å². The Kier molecular flexibility index (Phi) is 16.5. The van der Waals surface area contributed by atoms with Crippen molar-refractivity contribution in [2.45, 2.75) is 110 Å². The number of urea groups is 1. The third-order valence-electron chi connectivity index (χ3n) is 5.53. The second-order valence-electron chi connectivity index (χ2n) is 8.38. The van der Waals surface area contributed by atoms with Gasteiger partial charge in [0.1, 0.15) is 6.33 Å². The maximum atomic E-state index is 12.1. The molecule has 0 aliphatic carbocycles. The van der Waals surface area contributed by atoms with E-state index in [1.54, 1.807) is 4.68 Å². The fourth-order valence-corrected chi connectivity index (χ4v) is 3.64. The van der Waals surface area contributed by atoms with E-state index in [0.29, 0.717) is 6.54 Å². The Morgan fingerprint density at radius 1 is 0.903 bits per heavy atom. The van der Waals surface area contributed by atoms with Gasteiger partial charge in [0, 0.05) is 24.9 Å². The van der Waals surface area contributed by atoms with Crippen molar-refractivity contribution in [3.63, 3.8) is 0 Å². The molecule has 0 saturated carbocycles. The zero-order valence-corrected chi connectivity index (χ0v) is 19.5. The lowest BCUT2D eigenvalue weighted by molar-refractivity contribution is 0.248. The molecule has 0 aliphatic heterocycles. The summed E-state index contributed by atoms with van der Waals surface area (Å²) >= 11 is 0. The van der Waals surface area contributed by atoms with Gasteiger partial charge in [-0.2, -0.15) is 4.98 Å². The first-order valence-corrected chi connectivity index (χ1v) is 12.4. The largest absolute Gasteiger partial charge is 0.396 e. The molecule has 0 radical (unpaired) electrons. The predicted molar refractivity (Wildman–Crippen MR) is 127 cm³/mol. The summed E-state index contributed by atoms with van der Waals surface area (Å²) in [5.41, 5.74) is 3.26. The summed E-state index contributed by atoms with van der Waals surface area (Å²) in [4.78, 5) is 27.5. The zero-order valence-electron chi connectivity index (χ0n) is 19.5. The number of hydrogen-bond donors (Lipinski definition) is 3. The molecule has 1 aromatic heterocycles. The third kappa shape index (κ3) is 14.7. The van der Waals surface area contributed by atoms with Crippen molar-refractivity contribution in [3.8, 4) is 0 Å². The highest BCUT2D eigenvalue weighted by atomic mass is 16.3. The monoisotopic (exact) mass is 436 g/mol. The molecular weight excluding hydrogens is 392 g/mol. The Morgan fingerprint density at radius 3 is 2.13 bits per heavy atom. The summed E-state index contributed by atoms with van der Waals surface area (Å²) in [6.07, 6.45) is 19.8. The Balaban J connectivity index is 2.22. The van der Waals surface area contributed by atoms with Crippen LogP contribution in [0.2, 0.25) is 0 Å². The number of unbranched alkanes of at least 4 members (excludes halogenated alkanes) is 13. The molecule has 0 aromatic carbocycles. The Hall–Kier alpha value is -1.89. The molecule has 0 atom stereocenters. The second kappa shape index (κ2) is 18.8. The molecule has 3 N–H and O–H groups in total. The van der Waals surface area contributed by atoms with Gasteiger partial charge in [0.05, 0.1) is 0 Å². The van der Waals surface area contributed by atoms with Gasteiger partial charge in [-0.3, -0.25) is 4.79 Å². The number of aliphatic hydroxyl groups excluding tert-OH is 1. The standard InChI is InChI=1S/C24H44N4O3/c1-2-3-4-5-6-7-8-9-10-11-14-17-22-20-23(30)26-21-28(22)27-24(31)25-18-15-12-13-16-19-29/h20-21,29H,2-19H2,1H3,(H2,25,27,31). The summed E-state index contributed by atoms with van der Waals surface area (Å²) < 4.78 is 1.55. The van der Waals surface area contributed by atoms with Crippen molar-refractivity contribution in [1.29, 1.82) is 0 Å². The first-order chi connectivity index (χ1) is 15.2. The van der Waals surface area contributed by atoms with Gasteiger partial charge in [0.15, 0.2) is 0 Å². The minimum absolute atomic E-state index is 0.217. The second-order valence-corrected chi connectivity index (χ2v) is 8.38. The molecule has 0 aliphatic rings. The van der Waals surface area contributed by atoms with Crippen molar-refractivity contribution < 1.29 is 9.90 Å². The molecular formula is C24H44N4O3. The lowest BCUT2D eigenvalue weighted by atomic mass is 10.0. The van der Waals surface area contributed by atoms with Gasteiger partial charge in [-0.15, -0.1) is 0 Å². The number of rotatable bonds is 19. The van der Waals surface area contributed by atoms with Crippen LogP contribution >= 0.6 is 0 Å². The first kappa shape index (κ1) is 27.1. The quantitative estimate of drug-likeness (QED) is 0.269. The molecule has 0 fully saturated rings. The molecule has 0 unspecified atom stereocenters. The van der Waals surface area contributed by atoms with Crippen molar-refractivity contribution in [3.05, 3.63) is 28.4 Å². The summed E-state index contributed by atoms with van der Waals surface area (Å²) in [5, 5.41) is 11.6. The van der Waals surface area contributed by atoms with Gasteiger partial charge >= 0.3 is 6.03 Å². The smallest absolute Gasteiger partial charge is 0.333 e. The van der Waals surface area contributed by atoms with Crippen LogP contribution in [0.3, 0.4) is 0 Å². The van der Waals surface area contributed by atoms with Crippen LogP contribution in [-0.2, 0) is 6.42 Å². The van der Waals surface area contributed by atoms with E-state index in [1.165, 1.54) is 70.2 Å². The van der Waals surface area contributed by atoms with E-state index in [-0.39, 0.29) is 18.2 Å². The normalized spacial score (nSPS) is 10.9. The molecule has 1 aromatic rings. The van der Waals surface area contributed by atoms with Crippen LogP contribution in [0, 0.1) is 0 Å². The minimum Gasteiger partial charge on any atom is -0.396 e. The molecule has 31 heavy (non-hydrogen) atoms. The average molecular weight is 437 g/mol. The van der Waals surface area contributed by atoms with E-state index in [9.17, 15) is 9.59 Å². The van der Waals surface area contributed by atoms with Crippen molar-refractivity contribution in [1.82, 2.24) is 15.0 Å². The lowest BCUT2D eigenvalue weighted by Gasteiger charge is -2.14. The van der Waals surface area contributed by atoms with Gasteiger partial charge in [0.2, 0.25) is 0 Å². The van der Waals surface area contributed by atoms with Crippen LogP contribution < -0.4 is 16.3 Å². The van der Waals surface area contributed by atoms with Gasteiger partial charge in [0.25, 0.3) is 5.56 Å². The van der Waals surface area contributed by atoms with E-state index in [0.717, 1.165) is 50.6 Å². The summed E-state index contributed by atoms with van der Waals surface area (Å²) in [5.74, 6) is 0. The number of carbonyl (C=O) groups excluding carboxylic acids is 1. The Labute approximate surface area is 188 Å².